The van der Waals surface area contributed by atoms with E-state index in [4.69, 9.17) is 14.9 Å². The SMILES string of the molecule is NC(=NCc1cnc(C2CC2)o1)NC1CCOc2ccccc21. The molecule has 1 fully saturated rings. The molecule has 1 aliphatic carbocycles. The van der Waals surface area contributed by atoms with Crippen molar-refractivity contribution in [3.63, 3.8) is 0 Å². The Hall–Kier alpha value is -2.50. The molecule has 1 aromatic carbocycles. The summed E-state index contributed by atoms with van der Waals surface area (Å²) in [6.07, 6.45) is 4.96. The molecule has 1 atom stereocenters. The summed E-state index contributed by atoms with van der Waals surface area (Å²) in [7, 11) is 0. The Bertz CT molecular complexity index is 721. The summed E-state index contributed by atoms with van der Waals surface area (Å²) in [6.45, 7) is 1.08. The Labute approximate surface area is 134 Å². The third-order valence-electron chi connectivity index (χ3n) is 4.18. The highest BCUT2D eigenvalue weighted by molar-refractivity contribution is 5.78. The van der Waals surface area contributed by atoms with Crippen LogP contribution in [0.3, 0.4) is 0 Å². The molecular formula is C17H20N4O2. The first-order chi connectivity index (χ1) is 11.3. The summed E-state index contributed by atoms with van der Waals surface area (Å²) in [5, 5.41) is 3.27. The van der Waals surface area contributed by atoms with Crippen molar-refractivity contribution in [1.29, 1.82) is 0 Å². The average molecular weight is 312 g/mol. The molecule has 120 valence electrons. The third kappa shape index (κ3) is 3.16. The minimum atomic E-state index is 0.125. The van der Waals surface area contributed by atoms with Gasteiger partial charge >= 0.3 is 0 Å². The van der Waals surface area contributed by atoms with Crippen LogP contribution in [0.15, 0.2) is 39.9 Å². The van der Waals surface area contributed by atoms with Gasteiger partial charge in [-0.1, -0.05) is 18.2 Å². The number of nitrogens with one attached hydrogen (secondary N) is 1. The molecule has 1 aliphatic heterocycles. The molecule has 0 radical (unpaired) electrons. The molecule has 6 heteroatoms. The first-order valence-electron chi connectivity index (χ1n) is 8.02. The van der Waals surface area contributed by atoms with E-state index in [-0.39, 0.29) is 6.04 Å². The fourth-order valence-corrected chi connectivity index (χ4v) is 2.79. The second-order valence-corrected chi connectivity index (χ2v) is 6.01. The number of nitrogens with zero attached hydrogens (tertiary/aromatic N) is 2. The number of aliphatic imine (C=N–C) groups is 1. The van der Waals surface area contributed by atoms with Gasteiger partial charge in [0.2, 0.25) is 0 Å². The maximum Gasteiger partial charge on any atom is 0.197 e. The maximum atomic E-state index is 6.02. The molecule has 0 spiro atoms. The molecule has 0 saturated heterocycles. The van der Waals surface area contributed by atoms with Crippen LogP contribution in [-0.4, -0.2) is 17.6 Å². The van der Waals surface area contributed by atoms with E-state index in [1.54, 1.807) is 6.20 Å². The molecule has 0 amide bonds. The second-order valence-electron chi connectivity index (χ2n) is 6.01. The van der Waals surface area contributed by atoms with Crippen molar-refractivity contribution in [2.45, 2.75) is 37.8 Å². The van der Waals surface area contributed by atoms with Gasteiger partial charge in [-0.2, -0.15) is 0 Å². The zero-order valence-corrected chi connectivity index (χ0v) is 12.9. The molecule has 1 saturated carbocycles. The number of fused-ring (bicyclic) bond motifs is 1. The molecule has 23 heavy (non-hydrogen) atoms. The zero-order valence-electron chi connectivity index (χ0n) is 12.9. The maximum absolute atomic E-state index is 6.02. The molecule has 1 unspecified atom stereocenters. The summed E-state index contributed by atoms with van der Waals surface area (Å²) < 4.78 is 11.3. The van der Waals surface area contributed by atoms with Gasteiger partial charge in [0, 0.05) is 17.9 Å². The predicted molar refractivity (Wildman–Crippen MR) is 86.2 cm³/mol. The van der Waals surface area contributed by atoms with Crippen LogP contribution in [0.2, 0.25) is 0 Å². The Balaban J connectivity index is 1.40. The smallest absolute Gasteiger partial charge is 0.197 e. The van der Waals surface area contributed by atoms with Crippen LogP contribution < -0.4 is 15.8 Å². The van der Waals surface area contributed by atoms with Crippen molar-refractivity contribution in [2.75, 3.05) is 6.61 Å². The molecule has 3 N–H and O–H groups in total. The highest BCUT2D eigenvalue weighted by Crippen LogP contribution is 2.39. The lowest BCUT2D eigenvalue weighted by Gasteiger charge is -2.26. The Morgan fingerprint density at radius 2 is 2.17 bits per heavy atom. The summed E-state index contributed by atoms with van der Waals surface area (Å²) in [5.41, 5.74) is 7.14. The number of oxazole rings is 1. The topological polar surface area (TPSA) is 85.7 Å². The summed E-state index contributed by atoms with van der Waals surface area (Å²) >= 11 is 0. The number of benzene rings is 1. The first kappa shape index (κ1) is 14.1. The number of guanidine groups is 1. The third-order valence-corrected chi connectivity index (χ3v) is 4.18. The van der Waals surface area contributed by atoms with E-state index in [0.29, 0.717) is 25.0 Å². The fourth-order valence-electron chi connectivity index (χ4n) is 2.79. The van der Waals surface area contributed by atoms with Crippen LogP contribution in [-0.2, 0) is 6.54 Å². The monoisotopic (exact) mass is 312 g/mol. The Morgan fingerprint density at radius 1 is 1.30 bits per heavy atom. The van der Waals surface area contributed by atoms with Gasteiger partial charge in [0.15, 0.2) is 11.9 Å². The minimum absolute atomic E-state index is 0.125. The van der Waals surface area contributed by atoms with Crippen LogP contribution in [0.4, 0.5) is 0 Å². The standard InChI is InChI=1S/C17H20N4O2/c18-17(20-10-12-9-19-16(23-12)11-5-6-11)21-14-7-8-22-15-4-2-1-3-13(14)15/h1-4,9,11,14H,5-8,10H2,(H3,18,20,21). The molecule has 2 aromatic rings. The minimum Gasteiger partial charge on any atom is -0.493 e. The van der Waals surface area contributed by atoms with Crippen molar-refractivity contribution < 1.29 is 9.15 Å². The molecule has 0 bridgehead atoms. The van der Waals surface area contributed by atoms with E-state index in [1.165, 1.54) is 12.8 Å². The highest BCUT2D eigenvalue weighted by atomic mass is 16.5. The van der Waals surface area contributed by atoms with E-state index in [9.17, 15) is 0 Å². The van der Waals surface area contributed by atoms with E-state index in [0.717, 1.165) is 29.4 Å². The van der Waals surface area contributed by atoms with Crippen molar-refractivity contribution in [3.8, 4) is 5.75 Å². The number of hydrogen-bond donors (Lipinski definition) is 2. The van der Waals surface area contributed by atoms with E-state index < -0.39 is 0 Å². The van der Waals surface area contributed by atoms with Crippen LogP contribution in [0, 0.1) is 0 Å². The lowest BCUT2D eigenvalue weighted by atomic mass is 10.0. The molecular weight excluding hydrogens is 292 g/mol. The van der Waals surface area contributed by atoms with Gasteiger partial charge in [-0.15, -0.1) is 0 Å². The number of aromatic nitrogens is 1. The molecule has 6 nitrogen and oxygen atoms in total. The molecule has 4 rings (SSSR count). The van der Waals surface area contributed by atoms with Gasteiger partial charge in [0.05, 0.1) is 18.8 Å². The molecule has 2 aliphatic rings. The number of ether oxygens (including phenoxy) is 1. The van der Waals surface area contributed by atoms with Gasteiger partial charge in [-0.05, 0) is 18.9 Å². The predicted octanol–water partition coefficient (Wildman–Crippen LogP) is 2.48. The fraction of sp³-hybridized carbons (Fsp3) is 0.412. The number of hydrogen-bond acceptors (Lipinski definition) is 4. The Morgan fingerprint density at radius 3 is 3.04 bits per heavy atom. The van der Waals surface area contributed by atoms with Gasteiger partial charge in [0.25, 0.3) is 0 Å². The highest BCUT2D eigenvalue weighted by Gasteiger charge is 2.28. The summed E-state index contributed by atoms with van der Waals surface area (Å²) in [6, 6.07) is 8.13. The number of para-hydroxylation sites is 1. The van der Waals surface area contributed by atoms with Gasteiger partial charge in [-0.3, -0.25) is 0 Å². The largest absolute Gasteiger partial charge is 0.493 e. The van der Waals surface area contributed by atoms with Crippen LogP contribution in [0.5, 0.6) is 5.75 Å². The van der Waals surface area contributed by atoms with Gasteiger partial charge < -0.3 is 20.2 Å². The van der Waals surface area contributed by atoms with Crippen LogP contribution >= 0.6 is 0 Å². The van der Waals surface area contributed by atoms with E-state index in [1.807, 2.05) is 18.2 Å². The quantitative estimate of drug-likeness (QED) is 0.669. The molecule has 2 heterocycles. The first-order valence-corrected chi connectivity index (χ1v) is 8.02. The number of nitrogens with two attached hydrogens (primary N) is 1. The van der Waals surface area contributed by atoms with E-state index >= 15 is 0 Å². The van der Waals surface area contributed by atoms with Crippen molar-refractivity contribution >= 4 is 5.96 Å². The van der Waals surface area contributed by atoms with E-state index in [2.05, 4.69) is 21.4 Å². The summed E-state index contributed by atoms with van der Waals surface area (Å²) in [5.74, 6) is 3.43. The zero-order chi connectivity index (χ0) is 15.6. The number of rotatable bonds is 4. The van der Waals surface area contributed by atoms with Crippen LogP contribution in [0.1, 0.15) is 48.4 Å². The van der Waals surface area contributed by atoms with Crippen LogP contribution in [0.25, 0.3) is 0 Å². The van der Waals surface area contributed by atoms with Gasteiger partial charge in [0.1, 0.15) is 18.1 Å². The lowest BCUT2D eigenvalue weighted by molar-refractivity contribution is 0.262. The van der Waals surface area contributed by atoms with Crippen molar-refractivity contribution in [3.05, 3.63) is 47.7 Å². The average Bonchev–Trinajstić information content (AvgIpc) is 3.32. The lowest BCUT2D eigenvalue weighted by Crippen LogP contribution is -2.37. The van der Waals surface area contributed by atoms with Gasteiger partial charge in [-0.25, -0.2) is 9.98 Å². The summed E-state index contributed by atoms with van der Waals surface area (Å²) in [4.78, 5) is 8.65. The van der Waals surface area contributed by atoms with Crippen molar-refractivity contribution in [1.82, 2.24) is 10.3 Å². The normalized spacial score (nSPS) is 20.7. The Kier molecular flexibility index (Phi) is 3.65. The second kappa shape index (κ2) is 5.95. The van der Waals surface area contributed by atoms with Crippen molar-refractivity contribution in [2.24, 2.45) is 10.7 Å². The molecule has 1 aromatic heterocycles.